The fourth-order valence-corrected chi connectivity index (χ4v) is 4.15. The minimum Gasteiger partial charge on any atom is -0.444 e. The lowest BCUT2D eigenvalue weighted by molar-refractivity contribution is -0.127. The summed E-state index contributed by atoms with van der Waals surface area (Å²) >= 11 is 3.56. The molecule has 3 aliphatic heterocycles. The largest absolute Gasteiger partial charge is 0.444 e. The SMILES string of the molecule is CC(C)(C)OC(=O)N1CCN(c2ncc(Br)cc2N2CC3(COC3)C2)CC1. The van der Waals surface area contributed by atoms with Crippen molar-refractivity contribution in [3.8, 4) is 0 Å². The maximum Gasteiger partial charge on any atom is 0.410 e. The van der Waals surface area contributed by atoms with Crippen molar-refractivity contribution in [1.29, 1.82) is 0 Å². The van der Waals surface area contributed by atoms with Gasteiger partial charge in [-0.1, -0.05) is 0 Å². The van der Waals surface area contributed by atoms with E-state index in [4.69, 9.17) is 14.5 Å². The van der Waals surface area contributed by atoms with Crippen LogP contribution in [0.4, 0.5) is 16.3 Å². The third kappa shape index (κ3) is 3.87. The number of anilines is 2. The van der Waals surface area contributed by atoms with Gasteiger partial charge in [0.2, 0.25) is 0 Å². The molecule has 1 aromatic heterocycles. The van der Waals surface area contributed by atoms with Gasteiger partial charge in [-0.25, -0.2) is 9.78 Å². The van der Waals surface area contributed by atoms with Crippen molar-refractivity contribution in [2.24, 2.45) is 5.41 Å². The highest BCUT2D eigenvalue weighted by atomic mass is 79.9. The van der Waals surface area contributed by atoms with Crippen LogP contribution in [-0.4, -0.2) is 74.1 Å². The Labute approximate surface area is 168 Å². The number of amides is 1. The van der Waals surface area contributed by atoms with E-state index >= 15 is 0 Å². The van der Waals surface area contributed by atoms with Crippen molar-refractivity contribution < 1.29 is 14.3 Å². The number of halogens is 1. The molecule has 1 spiro atoms. The van der Waals surface area contributed by atoms with E-state index in [2.05, 4.69) is 31.8 Å². The zero-order valence-corrected chi connectivity index (χ0v) is 17.8. The fourth-order valence-electron chi connectivity index (χ4n) is 3.83. The summed E-state index contributed by atoms with van der Waals surface area (Å²) in [6.07, 6.45) is 1.61. The first-order chi connectivity index (χ1) is 12.7. The Bertz CT molecular complexity index is 716. The summed E-state index contributed by atoms with van der Waals surface area (Å²) in [5.74, 6) is 0.997. The van der Waals surface area contributed by atoms with Crippen LogP contribution in [0.1, 0.15) is 20.8 Å². The van der Waals surface area contributed by atoms with Crippen LogP contribution in [-0.2, 0) is 9.47 Å². The summed E-state index contributed by atoms with van der Waals surface area (Å²) in [7, 11) is 0. The molecule has 0 N–H and O–H groups in total. The van der Waals surface area contributed by atoms with E-state index < -0.39 is 5.60 Å². The third-order valence-electron chi connectivity index (χ3n) is 5.25. The van der Waals surface area contributed by atoms with Crippen LogP contribution in [0.25, 0.3) is 0 Å². The van der Waals surface area contributed by atoms with Gasteiger partial charge in [0, 0.05) is 49.9 Å². The minimum atomic E-state index is -0.465. The summed E-state index contributed by atoms with van der Waals surface area (Å²) in [4.78, 5) is 23.4. The van der Waals surface area contributed by atoms with Gasteiger partial charge < -0.3 is 24.2 Å². The maximum absolute atomic E-state index is 12.3. The van der Waals surface area contributed by atoms with Crippen LogP contribution < -0.4 is 9.80 Å². The Morgan fingerprint density at radius 2 is 1.85 bits per heavy atom. The van der Waals surface area contributed by atoms with Gasteiger partial charge in [-0.05, 0) is 42.8 Å². The Morgan fingerprint density at radius 3 is 2.41 bits per heavy atom. The van der Waals surface area contributed by atoms with E-state index in [0.29, 0.717) is 18.5 Å². The average Bonchev–Trinajstić information content (AvgIpc) is 2.51. The number of hydrogen-bond acceptors (Lipinski definition) is 6. The van der Waals surface area contributed by atoms with E-state index in [-0.39, 0.29) is 6.09 Å². The fraction of sp³-hybridized carbons (Fsp3) is 0.684. The molecular weight excluding hydrogens is 412 g/mol. The molecule has 7 nitrogen and oxygen atoms in total. The van der Waals surface area contributed by atoms with Gasteiger partial charge in [0.15, 0.2) is 5.82 Å². The molecule has 8 heteroatoms. The van der Waals surface area contributed by atoms with Crippen LogP contribution in [0.3, 0.4) is 0 Å². The number of pyridine rings is 1. The van der Waals surface area contributed by atoms with Gasteiger partial charge in [-0.15, -0.1) is 0 Å². The molecule has 3 saturated heterocycles. The number of piperazine rings is 1. The van der Waals surface area contributed by atoms with E-state index in [9.17, 15) is 4.79 Å². The smallest absolute Gasteiger partial charge is 0.410 e. The molecule has 0 unspecified atom stereocenters. The third-order valence-corrected chi connectivity index (χ3v) is 5.69. The minimum absolute atomic E-state index is 0.235. The molecule has 0 bridgehead atoms. The van der Waals surface area contributed by atoms with Crippen molar-refractivity contribution in [1.82, 2.24) is 9.88 Å². The molecule has 148 valence electrons. The Balaban J connectivity index is 1.42. The molecule has 0 saturated carbocycles. The van der Waals surface area contributed by atoms with Crippen molar-refractivity contribution >= 4 is 33.5 Å². The lowest BCUT2D eigenvalue weighted by Crippen LogP contribution is -2.66. The first kappa shape index (κ1) is 18.8. The second-order valence-corrected chi connectivity index (χ2v) is 9.72. The maximum atomic E-state index is 12.3. The molecule has 1 amide bonds. The molecular formula is C19H27BrN4O3. The van der Waals surface area contributed by atoms with Crippen LogP contribution in [0.15, 0.2) is 16.7 Å². The van der Waals surface area contributed by atoms with E-state index in [1.54, 1.807) is 4.90 Å². The Kier molecular flexibility index (Phi) is 4.74. The summed E-state index contributed by atoms with van der Waals surface area (Å²) < 4.78 is 11.9. The number of carbonyl (C=O) groups excluding carboxylic acids is 1. The van der Waals surface area contributed by atoms with Gasteiger partial charge in [-0.2, -0.15) is 0 Å². The molecule has 0 aliphatic carbocycles. The van der Waals surface area contributed by atoms with Gasteiger partial charge >= 0.3 is 6.09 Å². The molecule has 0 aromatic carbocycles. The van der Waals surface area contributed by atoms with Crippen LogP contribution in [0, 0.1) is 5.41 Å². The summed E-state index contributed by atoms with van der Waals surface area (Å²) in [6, 6.07) is 2.15. The first-order valence-electron chi connectivity index (χ1n) is 9.46. The molecule has 0 radical (unpaired) electrons. The van der Waals surface area contributed by atoms with Crippen molar-refractivity contribution in [3.63, 3.8) is 0 Å². The highest BCUT2D eigenvalue weighted by Gasteiger charge is 2.49. The molecule has 0 atom stereocenters. The number of hydrogen-bond donors (Lipinski definition) is 0. The zero-order valence-electron chi connectivity index (χ0n) is 16.2. The number of ether oxygens (including phenoxy) is 2. The highest BCUT2D eigenvalue weighted by molar-refractivity contribution is 9.10. The second-order valence-electron chi connectivity index (χ2n) is 8.80. The summed E-state index contributed by atoms with van der Waals surface area (Å²) in [5, 5.41) is 0. The van der Waals surface area contributed by atoms with Gasteiger partial charge in [0.1, 0.15) is 5.60 Å². The Morgan fingerprint density at radius 1 is 1.19 bits per heavy atom. The van der Waals surface area contributed by atoms with Crippen LogP contribution >= 0.6 is 15.9 Å². The van der Waals surface area contributed by atoms with Crippen LogP contribution in [0.2, 0.25) is 0 Å². The van der Waals surface area contributed by atoms with Crippen molar-refractivity contribution in [3.05, 3.63) is 16.7 Å². The number of aromatic nitrogens is 1. The summed E-state index contributed by atoms with van der Waals surface area (Å²) in [6.45, 7) is 12.3. The monoisotopic (exact) mass is 438 g/mol. The Hall–Kier alpha value is -1.54. The average molecular weight is 439 g/mol. The zero-order chi connectivity index (χ0) is 19.2. The van der Waals surface area contributed by atoms with Crippen molar-refractivity contribution in [2.75, 3.05) is 62.3 Å². The predicted molar refractivity (Wildman–Crippen MR) is 107 cm³/mol. The molecule has 3 fully saturated rings. The van der Waals surface area contributed by atoms with E-state index in [1.807, 2.05) is 27.0 Å². The molecule has 4 heterocycles. The molecule has 3 aliphatic rings. The van der Waals surface area contributed by atoms with Crippen LogP contribution in [0.5, 0.6) is 0 Å². The topological polar surface area (TPSA) is 58.1 Å². The van der Waals surface area contributed by atoms with Gasteiger partial charge in [0.25, 0.3) is 0 Å². The quantitative estimate of drug-likeness (QED) is 0.707. The normalized spacial score (nSPS) is 21.7. The van der Waals surface area contributed by atoms with E-state index in [0.717, 1.165) is 55.4 Å². The number of rotatable bonds is 2. The molecule has 1 aromatic rings. The van der Waals surface area contributed by atoms with Gasteiger partial charge in [0.05, 0.1) is 24.3 Å². The second kappa shape index (κ2) is 6.81. The predicted octanol–water partition coefficient (Wildman–Crippen LogP) is 2.74. The number of carbonyl (C=O) groups is 1. The van der Waals surface area contributed by atoms with Gasteiger partial charge in [-0.3, -0.25) is 0 Å². The number of nitrogens with zero attached hydrogens (tertiary/aromatic N) is 4. The molecule has 4 rings (SSSR count). The van der Waals surface area contributed by atoms with E-state index in [1.165, 1.54) is 0 Å². The first-order valence-corrected chi connectivity index (χ1v) is 10.3. The lowest BCUT2D eigenvalue weighted by atomic mass is 9.78. The van der Waals surface area contributed by atoms with Crippen molar-refractivity contribution in [2.45, 2.75) is 26.4 Å². The highest BCUT2D eigenvalue weighted by Crippen LogP contribution is 2.43. The molecule has 27 heavy (non-hydrogen) atoms. The lowest BCUT2D eigenvalue weighted by Gasteiger charge is -2.56. The standard InChI is InChI=1S/C19H27BrN4O3/c1-18(2,3)27-17(25)23-6-4-22(5-7-23)16-15(8-14(20)9-21-16)24-10-19(11-24)12-26-13-19/h8-9H,4-7,10-13H2,1-3H3. The summed E-state index contributed by atoms with van der Waals surface area (Å²) in [5.41, 5.74) is 1.05.